The lowest BCUT2D eigenvalue weighted by Crippen LogP contribution is -2.49. The van der Waals surface area contributed by atoms with Gasteiger partial charge in [-0.1, -0.05) is 38.4 Å². The summed E-state index contributed by atoms with van der Waals surface area (Å²) in [6, 6.07) is 4.58. The first-order valence-electron chi connectivity index (χ1n) is 11.8. The van der Waals surface area contributed by atoms with E-state index in [0.717, 1.165) is 57.5 Å². The van der Waals surface area contributed by atoms with Crippen LogP contribution in [0.3, 0.4) is 0 Å². The molecule has 174 valence electrons. The number of aromatic nitrogens is 3. The van der Waals surface area contributed by atoms with Crippen LogP contribution in [0.15, 0.2) is 29.3 Å². The predicted molar refractivity (Wildman–Crippen MR) is 127 cm³/mol. The number of hydrogen-bond donors (Lipinski definition) is 0. The molecule has 2 fully saturated rings. The third kappa shape index (κ3) is 4.70. The first-order chi connectivity index (χ1) is 15.5. The molecule has 4 rings (SSSR count). The van der Waals surface area contributed by atoms with Crippen molar-refractivity contribution >= 4 is 17.3 Å². The van der Waals surface area contributed by atoms with Crippen LogP contribution in [-0.2, 0) is 11.2 Å². The van der Waals surface area contributed by atoms with Gasteiger partial charge >= 0.3 is 0 Å². The van der Waals surface area contributed by atoms with Crippen molar-refractivity contribution in [1.82, 2.24) is 19.7 Å². The summed E-state index contributed by atoms with van der Waals surface area (Å²) in [7, 11) is 0. The molecule has 2 unspecified atom stereocenters. The monoisotopic (exact) mass is 459 g/mol. The highest BCUT2D eigenvalue weighted by Crippen LogP contribution is 2.33. The van der Waals surface area contributed by atoms with Gasteiger partial charge in [0.05, 0.1) is 11.9 Å². The number of aryl methyl sites for hydroxylation is 1. The molecule has 8 heteroatoms. The lowest BCUT2D eigenvalue weighted by atomic mass is 9.92. The molecule has 0 amide bonds. The Balaban J connectivity index is 1.49. The van der Waals surface area contributed by atoms with E-state index in [4.69, 9.17) is 16.3 Å². The fraction of sp³-hybridized carbons (Fsp3) is 0.625. The van der Waals surface area contributed by atoms with Gasteiger partial charge in [0.25, 0.3) is 5.56 Å². The van der Waals surface area contributed by atoms with Crippen LogP contribution < -0.4 is 10.5 Å². The molecule has 0 saturated carbocycles. The Bertz CT molecular complexity index is 965. The number of ether oxygens (including phenoxy) is 1. The van der Waals surface area contributed by atoms with Crippen molar-refractivity contribution in [1.29, 1.82) is 0 Å². The number of pyridine rings is 1. The van der Waals surface area contributed by atoms with Crippen molar-refractivity contribution in [2.45, 2.75) is 58.7 Å². The van der Waals surface area contributed by atoms with Gasteiger partial charge in [-0.05, 0) is 43.2 Å². The van der Waals surface area contributed by atoms with Gasteiger partial charge in [0.15, 0.2) is 6.23 Å². The molecular formula is C24H34ClN5O2. The molecule has 2 aromatic heterocycles. The van der Waals surface area contributed by atoms with Gasteiger partial charge in [0.2, 0.25) is 0 Å². The predicted octanol–water partition coefficient (Wildman–Crippen LogP) is 4.07. The number of halogens is 1. The highest BCUT2D eigenvalue weighted by molar-refractivity contribution is 6.33. The molecule has 32 heavy (non-hydrogen) atoms. The van der Waals surface area contributed by atoms with Crippen LogP contribution in [-0.4, -0.2) is 52.5 Å². The lowest BCUT2D eigenvalue weighted by Gasteiger charge is -2.42. The summed E-state index contributed by atoms with van der Waals surface area (Å²) in [5.74, 6) is 0.473. The van der Waals surface area contributed by atoms with Gasteiger partial charge in [-0.25, -0.2) is 0 Å². The zero-order chi connectivity index (χ0) is 22.7. The fourth-order valence-electron chi connectivity index (χ4n) is 5.01. The maximum Gasteiger partial charge on any atom is 0.290 e. The number of nitrogens with zero attached hydrogens (tertiary/aromatic N) is 5. The van der Waals surface area contributed by atoms with E-state index >= 15 is 0 Å². The molecule has 2 aliphatic rings. The van der Waals surface area contributed by atoms with Crippen LogP contribution in [0.4, 0.5) is 5.69 Å². The van der Waals surface area contributed by atoms with Gasteiger partial charge in [0, 0.05) is 50.7 Å². The number of piperazine rings is 1. The van der Waals surface area contributed by atoms with Crippen LogP contribution in [0.2, 0.25) is 5.02 Å². The maximum absolute atomic E-state index is 12.9. The van der Waals surface area contributed by atoms with E-state index in [1.165, 1.54) is 15.9 Å². The Morgan fingerprint density at radius 1 is 1.22 bits per heavy atom. The van der Waals surface area contributed by atoms with Crippen molar-refractivity contribution in [3.8, 4) is 0 Å². The van der Waals surface area contributed by atoms with Crippen LogP contribution in [0.25, 0.3) is 0 Å². The van der Waals surface area contributed by atoms with E-state index < -0.39 is 0 Å². The van der Waals surface area contributed by atoms with Gasteiger partial charge in [-0.3, -0.25) is 14.7 Å². The molecule has 2 aliphatic heterocycles. The summed E-state index contributed by atoms with van der Waals surface area (Å²) in [6.07, 6.45) is 7.10. The van der Waals surface area contributed by atoms with Crippen LogP contribution in [0, 0.1) is 5.92 Å². The summed E-state index contributed by atoms with van der Waals surface area (Å²) >= 11 is 6.54. The SMILES string of the molecule is CCc1ncccc1C(C(C)C)N1CCN(c2cnn(C3CCCCO3)c(=O)c2Cl)CC1. The molecular weight excluding hydrogens is 426 g/mol. The molecule has 0 radical (unpaired) electrons. The Hall–Kier alpha value is -1.96. The largest absolute Gasteiger partial charge is 0.366 e. The summed E-state index contributed by atoms with van der Waals surface area (Å²) in [6.45, 7) is 10.8. The summed E-state index contributed by atoms with van der Waals surface area (Å²) < 4.78 is 7.13. The molecule has 4 heterocycles. The normalized spacial score (nSPS) is 21.2. The third-order valence-corrected chi connectivity index (χ3v) is 6.97. The highest BCUT2D eigenvalue weighted by Gasteiger charge is 2.30. The van der Waals surface area contributed by atoms with Crippen LogP contribution in [0.1, 0.15) is 63.6 Å². The van der Waals surface area contributed by atoms with E-state index in [-0.39, 0.29) is 16.8 Å². The molecule has 0 spiro atoms. The van der Waals surface area contributed by atoms with Crippen LogP contribution >= 0.6 is 11.6 Å². The Labute approximate surface area is 195 Å². The van der Waals surface area contributed by atoms with E-state index in [1.807, 2.05) is 12.3 Å². The Morgan fingerprint density at radius 3 is 2.66 bits per heavy atom. The van der Waals surface area contributed by atoms with Crippen molar-refractivity contribution in [2.24, 2.45) is 5.92 Å². The summed E-state index contributed by atoms with van der Waals surface area (Å²) in [5, 5.41) is 4.66. The Morgan fingerprint density at radius 2 is 2.00 bits per heavy atom. The quantitative estimate of drug-likeness (QED) is 0.648. The van der Waals surface area contributed by atoms with Crippen molar-refractivity contribution in [2.75, 3.05) is 37.7 Å². The minimum atomic E-state index is -0.307. The molecule has 0 aromatic carbocycles. The summed E-state index contributed by atoms with van der Waals surface area (Å²) in [5.41, 5.74) is 2.96. The fourth-order valence-corrected chi connectivity index (χ4v) is 5.27. The first kappa shape index (κ1) is 23.2. The number of anilines is 1. The topological polar surface area (TPSA) is 63.5 Å². The third-order valence-electron chi connectivity index (χ3n) is 6.61. The zero-order valence-electron chi connectivity index (χ0n) is 19.3. The average Bonchev–Trinajstić information content (AvgIpc) is 2.82. The van der Waals surface area contributed by atoms with Gasteiger partial charge in [-0.15, -0.1) is 0 Å². The molecule has 0 aliphatic carbocycles. The molecule has 0 bridgehead atoms. The molecule has 2 aromatic rings. The van der Waals surface area contributed by atoms with E-state index in [9.17, 15) is 4.79 Å². The molecule has 7 nitrogen and oxygen atoms in total. The van der Waals surface area contributed by atoms with E-state index in [0.29, 0.717) is 18.6 Å². The van der Waals surface area contributed by atoms with Gasteiger partial charge in [0.1, 0.15) is 5.02 Å². The van der Waals surface area contributed by atoms with E-state index in [1.54, 1.807) is 6.20 Å². The molecule has 0 N–H and O–H groups in total. The standard InChI is InChI=1S/C24H34ClN5O2/c1-4-19-18(8-7-10-26-19)23(17(2)3)29-13-11-28(12-14-29)20-16-27-30(24(31)22(20)25)21-9-5-6-15-32-21/h7-8,10,16-17,21,23H,4-6,9,11-15H2,1-3H3. The minimum absolute atomic E-state index is 0.239. The lowest BCUT2D eigenvalue weighted by molar-refractivity contribution is -0.0424. The minimum Gasteiger partial charge on any atom is -0.366 e. The maximum atomic E-state index is 12.9. The van der Waals surface area contributed by atoms with E-state index in [2.05, 4.69) is 46.7 Å². The van der Waals surface area contributed by atoms with Gasteiger partial charge in [-0.2, -0.15) is 9.78 Å². The zero-order valence-corrected chi connectivity index (χ0v) is 20.1. The second-order valence-electron chi connectivity index (χ2n) is 9.02. The first-order valence-corrected chi connectivity index (χ1v) is 12.2. The van der Waals surface area contributed by atoms with Crippen molar-refractivity contribution in [3.05, 3.63) is 51.2 Å². The van der Waals surface area contributed by atoms with Crippen molar-refractivity contribution < 1.29 is 4.74 Å². The number of hydrogen-bond acceptors (Lipinski definition) is 6. The second kappa shape index (κ2) is 10.3. The van der Waals surface area contributed by atoms with Gasteiger partial charge < -0.3 is 9.64 Å². The highest BCUT2D eigenvalue weighted by atomic mass is 35.5. The average molecular weight is 460 g/mol. The smallest absolute Gasteiger partial charge is 0.290 e. The molecule has 2 atom stereocenters. The Kier molecular flexibility index (Phi) is 7.48. The second-order valence-corrected chi connectivity index (χ2v) is 9.40. The summed E-state index contributed by atoms with van der Waals surface area (Å²) in [4.78, 5) is 22.2. The van der Waals surface area contributed by atoms with Crippen molar-refractivity contribution in [3.63, 3.8) is 0 Å². The molecule has 2 saturated heterocycles. The van der Waals surface area contributed by atoms with Crippen LogP contribution in [0.5, 0.6) is 0 Å². The number of rotatable bonds is 6.